The van der Waals surface area contributed by atoms with Crippen LogP contribution in [-0.4, -0.2) is 14.8 Å². The van der Waals surface area contributed by atoms with Gasteiger partial charge in [-0.1, -0.05) is 6.92 Å². The molecule has 2 rings (SSSR count). The number of anilines is 1. The van der Waals surface area contributed by atoms with Crippen LogP contribution >= 0.6 is 0 Å². The number of aryl methyl sites for hydroxylation is 2. The SMILES string of the molecule is CCC(Nc1nc(C(F)(F)F)ccc1C#N)c1c(C)nn(C)c1C. The summed E-state index contributed by atoms with van der Waals surface area (Å²) in [4.78, 5) is 3.61. The zero-order chi connectivity index (χ0) is 18.1. The average molecular weight is 337 g/mol. The van der Waals surface area contributed by atoms with Gasteiger partial charge < -0.3 is 5.32 Å². The normalized spacial score (nSPS) is 12.8. The number of nitriles is 1. The number of rotatable bonds is 4. The third-order valence-corrected chi connectivity index (χ3v) is 3.94. The van der Waals surface area contributed by atoms with Crippen LogP contribution in [0.1, 0.15) is 47.6 Å². The summed E-state index contributed by atoms with van der Waals surface area (Å²) in [6.07, 6.45) is -3.96. The molecule has 8 heteroatoms. The standard InChI is InChI=1S/C16H18F3N5/c1-5-12(14-9(2)23-24(4)10(14)3)21-15-11(8-20)6-7-13(22-15)16(17,18)19/h6-7,12H,5H2,1-4H3,(H,21,22). The molecule has 2 aromatic rings. The van der Waals surface area contributed by atoms with Crippen molar-refractivity contribution in [3.8, 4) is 6.07 Å². The van der Waals surface area contributed by atoms with E-state index in [0.29, 0.717) is 6.42 Å². The fraction of sp³-hybridized carbons (Fsp3) is 0.438. The summed E-state index contributed by atoms with van der Waals surface area (Å²) in [5.41, 5.74) is 1.65. The van der Waals surface area contributed by atoms with E-state index in [2.05, 4.69) is 15.4 Å². The molecule has 2 heterocycles. The molecule has 1 atom stereocenters. The maximum atomic E-state index is 12.9. The van der Waals surface area contributed by atoms with Gasteiger partial charge in [-0.2, -0.15) is 23.5 Å². The lowest BCUT2D eigenvalue weighted by atomic mass is 10.0. The largest absolute Gasteiger partial charge is 0.433 e. The van der Waals surface area contributed by atoms with Gasteiger partial charge in [-0.15, -0.1) is 0 Å². The molecule has 5 nitrogen and oxygen atoms in total. The molecule has 0 amide bonds. The van der Waals surface area contributed by atoms with E-state index in [-0.39, 0.29) is 17.4 Å². The van der Waals surface area contributed by atoms with Gasteiger partial charge in [0.25, 0.3) is 0 Å². The molecule has 0 saturated heterocycles. The number of alkyl halides is 3. The second-order valence-electron chi connectivity index (χ2n) is 5.52. The molecule has 0 aliphatic carbocycles. The van der Waals surface area contributed by atoms with Gasteiger partial charge in [0, 0.05) is 18.3 Å². The number of hydrogen-bond donors (Lipinski definition) is 1. The Hall–Kier alpha value is -2.56. The molecule has 0 fully saturated rings. The highest BCUT2D eigenvalue weighted by molar-refractivity contribution is 5.54. The number of nitrogens with one attached hydrogen (secondary N) is 1. The zero-order valence-electron chi connectivity index (χ0n) is 13.9. The molecule has 0 bridgehead atoms. The first-order valence-electron chi connectivity index (χ1n) is 7.44. The Balaban J connectivity index is 2.46. The van der Waals surface area contributed by atoms with Crippen LogP contribution in [-0.2, 0) is 13.2 Å². The van der Waals surface area contributed by atoms with E-state index >= 15 is 0 Å². The molecule has 0 spiro atoms. The first-order valence-corrected chi connectivity index (χ1v) is 7.44. The number of halogens is 3. The molecule has 0 aliphatic heterocycles. The van der Waals surface area contributed by atoms with E-state index in [1.807, 2.05) is 33.9 Å². The van der Waals surface area contributed by atoms with Crippen LogP contribution in [0.3, 0.4) is 0 Å². The maximum Gasteiger partial charge on any atom is 0.433 e. The molecular weight excluding hydrogens is 319 g/mol. The third kappa shape index (κ3) is 3.35. The summed E-state index contributed by atoms with van der Waals surface area (Å²) >= 11 is 0. The van der Waals surface area contributed by atoms with E-state index < -0.39 is 11.9 Å². The Kier molecular flexibility index (Phi) is 4.83. The monoisotopic (exact) mass is 337 g/mol. The lowest BCUT2D eigenvalue weighted by molar-refractivity contribution is -0.141. The van der Waals surface area contributed by atoms with Crippen molar-refractivity contribution in [1.29, 1.82) is 5.26 Å². The molecule has 128 valence electrons. The summed E-state index contributed by atoms with van der Waals surface area (Å²) in [6, 6.07) is 3.53. The van der Waals surface area contributed by atoms with Gasteiger partial charge in [0.05, 0.1) is 17.3 Å². The van der Waals surface area contributed by atoms with Gasteiger partial charge in [-0.3, -0.25) is 4.68 Å². The van der Waals surface area contributed by atoms with Crippen LogP contribution in [0.4, 0.5) is 19.0 Å². The van der Waals surface area contributed by atoms with Gasteiger partial charge in [0.1, 0.15) is 17.6 Å². The predicted molar refractivity (Wildman–Crippen MR) is 83.3 cm³/mol. The minimum atomic E-state index is -4.56. The number of pyridine rings is 1. The second kappa shape index (κ2) is 6.51. The van der Waals surface area contributed by atoms with Crippen LogP contribution in [0.5, 0.6) is 0 Å². The molecule has 0 aliphatic rings. The van der Waals surface area contributed by atoms with Crippen molar-refractivity contribution in [3.05, 3.63) is 40.3 Å². The van der Waals surface area contributed by atoms with E-state index in [0.717, 1.165) is 29.1 Å². The van der Waals surface area contributed by atoms with Crippen LogP contribution in [0.25, 0.3) is 0 Å². The van der Waals surface area contributed by atoms with Gasteiger partial charge in [0.15, 0.2) is 0 Å². The molecular formula is C16H18F3N5. The van der Waals surface area contributed by atoms with Crippen LogP contribution in [0.15, 0.2) is 12.1 Å². The van der Waals surface area contributed by atoms with E-state index in [4.69, 9.17) is 5.26 Å². The third-order valence-electron chi connectivity index (χ3n) is 3.94. The Morgan fingerprint density at radius 2 is 2.00 bits per heavy atom. The second-order valence-corrected chi connectivity index (χ2v) is 5.52. The van der Waals surface area contributed by atoms with Gasteiger partial charge in [-0.05, 0) is 32.4 Å². The number of aromatic nitrogens is 3. The first kappa shape index (κ1) is 17.8. The van der Waals surface area contributed by atoms with Crippen molar-refractivity contribution >= 4 is 5.82 Å². The topological polar surface area (TPSA) is 66.5 Å². The lowest BCUT2D eigenvalue weighted by Crippen LogP contribution is -2.16. The molecule has 0 saturated carbocycles. The molecule has 1 unspecified atom stereocenters. The fourth-order valence-corrected chi connectivity index (χ4v) is 2.65. The van der Waals surface area contributed by atoms with Crippen molar-refractivity contribution in [3.63, 3.8) is 0 Å². The highest BCUT2D eigenvalue weighted by Gasteiger charge is 2.33. The fourth-order valence-electron chi connectivity index (χ4n) is 2.65. The summed E-state index contributed by atoms with van der Waals surface area (Å²) in [5, 5.41) is 16.5. The van der Waals surface area contributed by atoms with Gasteiger partial charge in [-0.25, -0.2) is 4.98 Å². The van der Waals surface area contributed by atoms with Gasteiger partial charge in [0.2, 0.25) is 0 Å². The highest BCUT2D eigenvalue weighted by Crippen LogP contribution is 2.32. The first-order chi connectivity index (χ1) is 11.2. The zero-order valence-corrected chi connectivity index (χ0v) is 13.9. The Morgan fingerprint density at radius 3 is 2.46 bits per heavy atom. The van der Waals surface area contributed by atoms with Crippen molar-refractivity contribution < 1.29 is 13.2 Å². The summed E-state index contributed by atoms with van der Waals surface area (Å²) in [5.74, 6) is -0.0678. The summed E-state index contributed by atoms with van der Waals surface area (Å²) in [7, 11) is 1.81. The Labute approximate surface area is 138 Å². The lowest BCUT2D eigenvalue weighted by Gasteiger charge is -2.20. The number of nitrogens with zero attached hydrogens (tertiary/aromatic N) is 4. The Morgan fingerprint density at radius 1 is 1.33 bits per heavy atom. The average Bonchev–Trinajstić information content (AvgIpc) is 2.77. The molecule has 0 radical (unpaired) electrons. The minimum absolute atomic E-state index is 0.0678. The molecule has 0 aromatic carbocycles. The van der Waals surface area contributed by atoms with E-state index in [1.54, 1.807) is 4.68 Å². The van der Waals surface area contributed by atoms with E-state index in [1.165, 1.54) is 0 Å². The van der Waals surface area contributed by atoms with Gasteiger partial charge >= 0.3 is 6.18 Å². The van der Waals surface area contributed by atoms with Crippen molar-refractivity contribution in [2.75, 3.05) is 5.32 Å². The van der Waals surface area contributed by atoms with Crippen molar-refractivity contribution in [2.24, 2.45) is 7.05 Å². The molecule has 24 heavy (non-hydrogen) atoms. The minimum Gasteiger partial charge on any atom is -0.362 e. The Bertz CT molecular complexity index is 786. The smallest absolute Gasteiger partial charge is 0.362 e. The molecule has 1 N–H and O–H groups in total. The van der Waals surface area contributed by atoms with Crippen LogP contribution in [0, 0.1) is 25.2 Å². The van der Waals surface area contributed by atoms with Crippen molar-refractivity contribution in [2.45, 2.75) is 39.4 Å². The van der Waals surface area contributed by atoms with Crippen LogP contribution < -0.4 is 5.32 Å². The van der Waals surface area contributed by atoms with Crippen LogP contribution in [0.2, 0.25) is 0 Å². The summed E-state index contributed by atoms with van der Waals surface area (Å²) < 4.78 is 40.4. The number of hydrogen-bond acceptors (Lipinski definition) is 4. The van der Waals surface area contributed by atoms with Crippen molar-refractivity contribution in [1.82, 2.24) is 14.8 Å². The van der Waals surface area contributed by atoms with E-state index in [9.17, 15) is 13.2 Å². The highest BCUT2D eigenvalue weighted by atomic mass is 19.4. The maximum absolute atomic E-state index is 12.9. The molecule has 2 aromatic heterocycles. The quantitative estimate of drug-likeness (QED) is 0.919. The summed E-state index contributed by atoms with van der Waals surface area (Å²) in [6.45, 7) is 5.64. The predicted octanol–water partition coefficient (Wildman–Crippen LogP) is 3.89.